The third-order valence-corrected chi connectivity index (χ3v) is 4.67. The normalized spacial score (nSPS) is 15.0. The van der Waals surface area contributed by atoms with Crippen molar-refractivity contribution < 1.29 is 0 Å². The van der Waals surface area contributed by atoms with Crippen molar-refractivity contribution in [2.45, 2.75) is 25.7 Å². The molecule has 1 aliphatic heterocycles. The SMILES string of the molecule is Cc1cc(N2CCC(c3ccnc(Nc4ncccn4)c3)CC2)ncn1. The Labute approximate surface area is 152 Å². The maximum atomic E-state index is 4.40. The van der Waals surface area contributed by atoms with Crippen molar-refractivity contribution in [3.8, 4) is 0 Å². The van der Waals surface area contributed by atoms with Crippen molar-refractivity contribution in [2.75, 3.05) is 23.3 Å². The molecule has 0 aliphatic carbocycles. The minimum Gasteiger partial charge on any atom is -0.356 e. The van der Waals surface area contributed by atoms with Crippen LogP contribution in [0.3, 0.4) is 0 Å². The van der Waals surface area contributed by atoms with Crippen LogP contribution in [0.4, 0.5) is 17.6 Å². The Hall–Kier alpha value is -3.09. The molecule has 4 rings (SSSR count). The number of piperidine rings is 1. The molecule has 0 atom stereocenters. The topological polar surface area (TPSA) is 79.7 Å². The molecule has 1 saturated heterocycles. The van der Waals surface area contributed by atoms with Gasteiger partial charge in [0.2, 0.25) is 5.95 Å². The first-order valence-electron chi connectivity index (χ1n) is 8.81. The molecule has 3 aromatic rings. The number of pyridine rings is 1. The summed E-state index contributed by atoms with van der Waals surface area (Å²) in [7, 11) is 0. The highest BCUT2D eigenvalue weighted by atomic mass is 15.2. The van der Waals surface area contributed by atoms with E-state index in [1.165, 1.54) is 5.56 Å². The van der Waals surface area contributed by atoms with Crippen LogP contribution < -0.4 is 10.2 Å². The van der Waals surface area contributed by atoms with Gasteiger partial charge in [-0.2, -0.15) is 0 Å². The van der Waals surface area contributed by atoms with Crippen molar-refractivity contribution in [2.24, 2.45) is 0 Å². The molecular weight excluding hydrogens is 326 g/mol. The Morgan fingerprint density at radius 3 is 2.54 bits per heavy atom. The van der Waals surface area contributed by atoms with Crippen LogP contribution in [0.25, 0.3) is 0 Å². The molecule has 0 unspecified atom stereocenters. The quantitative estimate of drug-likeness (QED) is 0.777. The van der Waals surface area contributed by atoms with Gasteiger partial charge in [0.05, 0.1) is 0 Å². The lowest BCUT2D eigenvalue weighted by Gasteiger charge is -2.33. The summed E-state index contributed by atoms with van der Waals surface area (Å²) in [6.45, 7) is 3.99. The fraction of sp³-hybridized carbons (Fsp3) is 0.316. The number of hydrogen-bond acceptors (Lipinski definition) is 7. The van der Waals surface area contributed by atoms with Gasteiger partial charge in [0.15, 0.2) is 0 Å². The van der Waals surface area contributed by atoms with E-state index in [4.69, 9.17) is 0 Å². The summed E-state index contributed by atoms with van der Waals surface area (Å²) in [6, 6.07) is 8.05. The molecule has 0 radical (unpaired) electrons. The van der Waals surface area contributed by atoms with Gasteiger partial charge in [-0.05, 0) is 49.4 Å². The lowest BCUT2D eigenvalue weighted by Crippen LogP contribution is -2.33. The monoisotopic (exact) mass is 347 g/mol. The fourth-order valence-corrected chi connectivity index (χ4v) is 3.30. The number of aromatic nitrogens is 5. The zero-order valence-electron chi connectivity index (χ0n) is 14.7. The average molecular weight is 347 g/mol. The maximum absolute atomic E-state index is 4.40. The van der Waals surface area contributed by atoms with E-state index < -0.39 is 0 Å². The molecule has 4 heterocycles. The van der Waals surface area contributed by atoms with Crippen LogP contribution in [-0.2, 0) is 0 Å². The van der Waals surface area contributed by atoms with Crippen LogP contribution >= 0.6 is 0 Å². The minimum atomic E-state index is 0.523. The van der Waals surface area contributed by atoms with Gasteiger partial charge in [0, 0.05) is 43.4 Å². The summed E-state index contributed by atoms with van der Waals surface area (Å²) >= 11 is 0. The van der Waals surface area contributed by atoms with E-state index in [0.29, 0.717) is 11.9 Å². The van der Waals surface area contributed by atoms with Gasteiger partial charge in [-0.25, -0.2) is 24.9 Å². The molecule has 132 valence electrons. The van der Waals surface area contributed by atoms with Gasteiger partial charge >= 0.3 is 0 Å². The predicted molar refractivity (Wildman–Crippen MR) is 101 cm³/mol. The van der Waals surface area contributed by atoms with Gasteiger partial charge < -0.3 is 10.2 Å². The minimum absolute atomic E-state index is 0.523. The summed E-state index contributed by atoms with van der Waals surface area (Å²) in [5.41, 5.74) is 2.31. The molecule has 0 aromatic carbocycles. The summed E-state index contributed by atoms with van der Waals surface area (Å²) < 4.78 is 0. The first kappa shape index (κ1) is 16.4. The molecule has 1 aliphatic rings. The predicted octanol–water partition coefficient (Wildman–Crippen LogP) is 3.10. The smallest absolute Gasteiger partial charge is 0.228 e. The van der Waals surface area contributed by atoms with E-state index >= 15 is 0 Å². The first-order chi connectivity index (χ1) is 12.8. The van der Waals surface area contributed by atoms with Gasteiger partial charge in [0.25, 0.3) is 0 Å². The van der Waals surface area contributed by atoms with Gasteiger partial charge in [-0.3, -0.25) is 0 Å². The molecular formula is C19H21N7. The van der Waals surface area contributed by atoms with E-state index in [-0.39, 0.29) is 0 Å². The number of nitrogens with zero attached hydrogens (tertiary/aromatic N) is 6. The highest BCUT2D eigenvalue weighted by molar-refractivity contribution is 5.49. The van der Waals surface area contributed by atoms with Crippen LogP contribution in [-0.4, -0.2) is 38.0 Å². The third-order valence-electron chi connectivity index (χ3n) is 4.67. The van der Waals surface area contributed by atoms with E-state index in [1.807, 2.05) is 13.1 Å². The second kappa shape index (κ2) is 7.43. The average Bonchev–Trinajstić information content (AvgIpc) is 2.69. The summed E-state index contributed by atoms with van der Waals surface area (Å²) in [5, 5.41) is 3.16. The molecule has 7 heteroatoms. The molecule has 0 saturated carbocycles. The van der Waals surface area contributed by atoms with Gasteiger partial charge in [0.1, 0.15) is 18.0 Å². The number of rotatable bonds is 4. The molecule has 1 fully saturated rings. The maximum Gasteiger partial charge on any atom is 0.228 e. The van der Waals surface area contributed by atoms with E-state index in [0.717, 1.165) is 43.3 Å². The largest absolute Gasteiger partial charge is 0.356 e. The van der Waals surface area contributed by atoms with E-state index in [1.54, 1.807) is 24.8 Å². The summed E-state index contributed by atoms with van der Waals surface area (Å²) in [4.78, 5) is 23.7. The van der Waals surface area contributed by atoms with Crippen molar-refractivity contribution in [1.82, 2.24) is 24.9 Å². The number of anilines is 3. The number of nitrogens with one attached hydrogen (secondary N) is 1. The fourth-order valence-electron chi connectivity index (χ4n) is 3.30. The van der Waals surface area contributed by atoms with Crippen LogP contribution in [0.15, 0.2) is 49.2 Å². The van der Waals surface area contributed by atoms with Crippen LogP contribution in [0, 0.1) is 6.92 Å². The number of hydrogen-bond donors (Lipinski definition) is 1. The van der Waals surface area contributed by atoms with Gasteiger partial charge in [-0.1, -0.05) is 0 Å². The number of aryl methyl sites for hydroxylation is 1. The van der Waals surface area contributed by atoms with Crippen molar-refractivity contribution in [3.05, 3.63) is 60.4 Å². The third kappa shape index (κ3) is 3.77. The Balaban J connectivity index is 1.42. The Kier molecular flexibility index (Phi) is 4.68. The molecule has 1 N–H and O–H groups in total. The van der Waals surface area contributed by atoms with Crippen molar-refractivity contribution in [3.63, 3.8) is 0 Å². The highest BCUT2D eigenvalue weighted by Gasteiger charge is 2.22. The zero-order valence-corrected chi connectivity index (χ0v) is 14.7. The second-order valence-electron chi connectivity index (χ2n) is 6.45. The molecule has 0 amide bonds. The van der Waals surface area contributed by atoms with Crippen LogP contribution in [0.5, 0.6) is 0 Å². The molecule has 26 heavy (non-hydrogen) atoms. The van der Waals surface area contributed by atoms with E-state index in [2.05, 4.69) is 53.3 Å². The molecule has 0 bridgehead atoms. The molecule has 0 spiro atoms. The Morgan fingerprint density at radius 1 is 0.962 bits per heavy atom. The standard InChI is InChI=1S/C19H21N7/c1-14-11-18(24-13-23-14)26-9-4-15(5-10-26)16-3-8-20-17(12-16)25-19-21-6-2-7-22-19/h2-3,6-8,11-13,15H,4-5,9-10H2,1H3,(H,20,21,22,25). The lowest BCUT2D eigenvalue weighted by atomic mass is 9.90. The van der Waals surface area contributed by atoms with Crippen molar-refractivity contribution in [1.29, 1.82) is 0 Å². The Bertz CT molecular complexity index is 861. The van der Waals surface area contributed by atoms with E-state index in [9.17, 15) is 0 Å². The van der Waals surface area contributed by atoms with Crippen LogP contribution in [0.2, 0.25) is 0 Å². The summed E-state index contributed by atoms with van der Waals surface area (Å²) in [6.07, 6.45) is 9.10. The van der Waals surface area contributed by atoms with Crippen molar-refractivity contribution >= 4 is 17.6 Å². The molecule has 3 aromatic heterocycles. The molecule has 7 nitrogen and oxygen atoms in total. The summed E-state index contributed by atoms with van der Waals surface area (Å²) in [5.74, 6) is 2.89. The zero-order chi connectivity index (χ0) is 17.8. The first-order valence-corrected chi connectivity index (χ1v) is 8.81. The lowest BCUT2D eigenvalue weighted by molar-refractivity contribution is 0.502. The van der Waals surface area contributed by atoms with Gasteiger partial charge in [-0.15, -0.1) is 0 Å². The van der Waals surface area contributed by atoms with Crippen LogP contribution in [0.1, 0.15) is 30.0 Å². The second-order valence-corrected chi connectivity index (χ2v) is 6.45. The highest BCUT2D eigenvalue weighted by Crippen LogP contribution is 2.30. The Morgan fingerprint density at radius 2 is 1.77 bits per heavy atom.